The fourth-order valence-corrected chi connectivity index (χ4v) is 2.49. The zero-order chi connectivity index (χ0) is 18.7. The smallest absolute Gasteiger partial charge is 0.369 e. The lowest BCUT2D eigenvalue weighted by Gasteiger charge is -2.32. The molecule has 1 aromatic heterocycles. The van der Waals surface area contributed by atoms with Gasteiger partial charge in [0.15, 0.2) is 5.69 Å². The van der Waals surface area contributed by atoms with Crippen molar-refractivity contribution in [2.45, 2.75) is 32.5 Å². The molecule has 1 fully saturated rings. The maximum absolute atomic E-state index is 13.1. The van der Waals surface area contributed by atoms with E-state index in [0.29, 0.717) is 6.54 Å². The third-order valence-corrected chi connectivity index (χ3v) is 3.83. The lowest BCUT2D eigenvalue weighted by Crippen LogP contribution is -2.45. The van der Waals surface area contributed by atoms with Crippen molar-refractivity contribution >= 4 is 11.8 Å². The minimum absolute atomic E-state index is 0.0237. The number of rotatable bonds is 5. The van der Waals surface area contributed by atoms with Gasteiger partial charge in [-0.15, -0.1) is 0 Å². The van der Waals surface area contributed by atoms with Crippen LogP contribution in [0.15, 0.2) is 6.07 Å². The molecular weight excluding hydrogens is 333 g/mol. The highest BCUT2D eigenvalue weighted by atomic mass is 19.4. The Bertz CT molecular complexity index is 562. The van der Waals surface area contributed by atoms with Crippen LogP contribution in [0.5, 0.6) is 0 Å². The second-order valence-corrected chi connectivity index (χ2v) is 7.41. The van der Waals surface area contributed by atoms with Crippen molar-refractivity contribution in [3.63, 3.8) is 0 Å². The summed E-state index contributed by atoms with van der Waals surface area (Å²) in [5, 5.41) is 5.90. The molecule has 142 valence electrons. The number of aromatic nitrogens is 2. The highest BCUT2D eigenvalue weighted by molar-refractivity contribution is 5.44. The van der Waals surface area contributed by atoms with Crippen LogP contribution >= 0.6 is 0 Å². The number of hydrogen-bond donors (Lipinski definition) is 2. The van der Waals surface area contributed by atoms with Crippen molar-refractivity contribution in [1.82, 2.24) is 19.8 Å². The molecule has 0 atom stereocenters. The number of hydrogen-bond acceptors (Lipinski definition) is 6. The van der Waals surface area contributed by atoms with E-state index < -0.39 is 17.4 Å². The van der Waals surface area contributed by atoms with Crippen molar-refractivity contribution in [3.05, 3.63) is 11.8 Å². The maximum Gasteiger partial charge on any atom is 0.433 e. The fourth-order valence-electron chi connectivity index (χ4n) is 2.49. The summed E-state index contributed by atoms with van der Waals surface area (Å²) in [7, 11) is 2.08. The molecule has 0 unspecified atom stereocenters. The maximum atomic E-state index is 13.1. The number of halogens is 3. The van der Waals surface area contributed by atoms with Crippen molar-refractivity contribution < 1.29 is 13.2 Å². The zero-order valence-corrected chi connectivity index (χ0v) is 15.2. The van der Waals surface area contributed by atoms with Crippen LogP contribution in [0, 0.1) is 0 Å². The predicted octanol–water partition coefficient (Wildman–Crippen LogP) is 2.37. The topological polar surface area (TPSA) is 56.3 Å². The molecule has 2 heterocycles. The normalized spacial score (nSPS) is 17.6. The number of piperazine rings is 1. The van der Waals surface area contributed by atoms with Gasteiger partial charge in [-0.2, -0.15) is 18.2 Å². The molecule has 2 N–H and O–H groups in total. The molecule has 1 aliphatic rings. The standard InChI is InChI=1S/C16H27F3N6/c1-15(2,3)23-14-21-12(16(17,18)19)11-13(22-14)20-5-6-25-9-7-24(4)8-10-25/h11H,5-10H2,1-4H3,(H2,20,21,22,23). The van der Waals surface area contributed by atoms with Crippen molar-refractivity contribution in [3.8, 4) is 0 Å². The van der Waals surface area contributed by atoms with E-state index >= 15 is 0 Å². The summed E-state index contributed by atoms with van der Waals surface area (Å²) in [5.74, 6) is 0.160. The molecule has 9 heteroatoms. The summed E-state index contributed by atoms with van der Waals surface area (Å²) in [6.45, 7) is 10.8. The molecule has 0 aromatic carbocycles. The Balaban J connectivity index is 2.01. The third-order valence-electron chi connectivity index (χ3n) is 3.83. The molecule has 0 amide bonds. The Hall–Kier alpha value is -1.61. The molecule has 0 saturated carbocycles. The lowest BCUT2D eigenvalue weighted by atomic mass is 10.1. The van der Waals surface area contributed by atoms with E-state index in [-0.39, 0.29) is 11.8 Å². The molecule has 0 spiro atoms. The number of nitrogens with one attached hydrogen (secondary N) is 2. The molecule has 0 bridgehead atoms. The Kier molecular flexibility index (Phi) is 6.10. The van der Waals surface area contributed by atoms with Gasteiger partial charge in [-0.05, 0) is 27.8 Å². The van der Waals surface area contributed by atoms with E-state index in [4.69, 9.17) is 0 Å². The van der Waals surface area contributed by atoms with E-state index in [0.717, 1.165) is 38.8 Å². The van der Waals surface area contributed by atoms with E-state index in [1.54, 1.807) is 0 Å². The summed E-state index contributed by atoms with van der Waals surface area (Å²) < 4.78 is 39.2. The van der Waals surface area contributed by atoms with Crippen LogP contribution in [0.3, 0.4) is 0 Å². The fraction of sp³-hybridized carbons (Fsp3) is 0.750. The Labute approximate surface area is 146 Å². The number of alkyl halides is 3. The number of likely N-dealkylation sites (N-methyl/N-ethyl adjacent to an activating group) is 1. The minimum Gasteiger partial charge on any atom is -0.369 e. The molecule has 2 rings (SSSR count). The zero-order valence-electron chi connectivity index (χ0n) is 15.2. The summed E-state index contributed by atoms with van der Waals surface area (Å²) in [5.41, 5.74) is -1.38. The largest absolute Gasteiger partial charge is 0.433 e. The van der Waals surface area contributed by atoms with E-state index in [1.807, 2.05) is 20.8 Å². The molecule has 1 aromatic rings. The monoisotopic (exact) mass is 360 g/mol. The Morgan fingerprint density at radius 2 is 1.72 bits per heavy atom. The molecular formula is C16H27F3N6. The highest BCUT2D eigenvalue weighted by Crippen LogP contribution is 2.30. The van der Waals surface area contributed by atoms with Crippen LogP contribution < -0.4 is 10.6 Å². The highest BCUT2D eigenvalue weighted by Gasteiger charge is 2.34. The van der Waals surface area contributed by atoms with Gasteiger partial charge in [0.05, 0.1) is 0 Å². The van der Waals surface area contributed by atoms with Gasteiger partial charge in [0.25, 0.3) is 0 Å². The molecule has 1 saturated heterocycles. The van der Waals surface area contributed by atoms with Crippen LogP contribution in [0.1, 0.15) is 26.5 Å². The first kappa shape index (κ1) is 19.7. The predicted molar refractivity (Wildman–Crippen MR) is 92.8 cm³/mol. The SMILES string of the molecule is CN1CCN(CCNc2cc(C(F)(F)F)nc(NC(C)(C)C)n2)CC1. The van der Waals surface area contributed by atoms with Crippen molar-refractivity contribution in [1.29, 1.82) is 0 Å². The Morgan fingerprint density at radius 1 is 1.08 bits per heavy atom. The van der Waals surface area contributed by atoms with Crippen LogP contribution in [0.4, 0.5) is 24.9 Å². The van der Waals surface area contributed by atoms with Crippen LogP contribution in [0.25, 0.3) is 0 Å². The van der Waals surface area contributed by atoms with Crippen LogP contribution in [-0.4, -0.2) is 71.6 Å². The quantitative estimate of drug-likeness (QED) is 0.841. The second-order valence-electron chi connectivity index (χ2n) is 7.41. The van der Waals surface area contributed by atoms with Gasteiger partial charge < -0.3 is 15.5 Å². The lowest BCUT2D eigenvalue weighted by molar-refractivity contribution is -0.141. The first-order chi connectivity index (χ1) is 11.5. The number of nitrogens with zero attached hydrogens (tertiary/aromatic N) is 4. The van der Waals surface area contributed by atoms with Gasteiger partial charge in [-0.25, -0.2) is 4.98 Å². The second kappa shape index (κ2) is 7.74. The molecule has 0 radical (unpaired) electrons. The van der Waals surface area contributed by atoms with E-state index in [9.17, 15) is 13.2 Å². The molecule has 1 aliphatic heterocycles. The van der Waals surface area contributed by atoms with E-state index in [1.165, 1.54) is 0 Å². The van der Waals surface area contributed by atoms with Crippen LogP contribution in [-0.2, 0) is 6.18 Å². The summed E-state index contributed by atoms with van der Waals surface area (Å²) in [4.78, 5) is 12.3. The first-order valence-electron chi connectivity index (χ1n) is 8.42. The van der Waals surface area contributed by atoms with Gasteiger partial charge in [0.1, 0.15) is 5.82 Å². The average molecular weight is 360 g/mol. The molecule has 25 heavy (non-hydrogen) atoms. The van der Waals surface area contributed by atoms with E-state index in [2.05, 4.69) is 37.4 Å². The summed E-state index contributed by atoms with van der Waals surface area (Å²) in [6, 6.07) is 0.956. The van der Waals surface area contributed by atoms with Crippen molar-refractivity contribution in [2.24, 2.45) is 0 Å². The van der Waals surface area contributed by atoms with Gasteiger partial charge >= 0.3 is 6.18 Å². The Morgan fingerprint density at radius 3 is 2.28 bits per heavy atom. The number of anilines is 2. The molecule has 0 aliphatic carbocycles. The first-order valence-corrected chi connectivity index (χ1v) is 8.42. The minimum atomic E-state index is -4.51. The van der Waals surface area contributed by atoms with Gasteiger partial charge in [-0.1, -0.05) is 0 Å². The third kappa shape index (κ3) is 6.66. The summed E-state index contributed by atoms with van der Waals surface area (Å²) >= 11 is 0. The average Bonchev–Trinajstić information content (AvgIpc) is 2.46. The van der Waals surface area contributed by atoms with Gasteiger partial charge in [-0.3, -0.25) is 4.90 Å². The van der Waals surface area contributed by atoms with Crippen LogP contribution in [0.2, 0.25) is 0 Å². The van der Waals surface area contributed by atoms with Crippen molar-refractivity contribution in [2.75, 3.05) is 56.9 Å². The van der Waals surface area contributed by atoms with Gasteiger partial charge in [0.2, 0.25) is 5.95 Å². The summed E-state index contributed by atoms with van der Waals surface area (Å²) in [6.07, 6.45) is -4.51. The molecule has 6 nitrogen and oxygen atoms in total. The van der Waals surface area contributed by atoms with Gasteiger partial charge in [0, 0.05) is 50.9 Å².